The van der Waals surface area contributed by atoms with Crippen molar-refractivity contribution in [1.82, 2.24) is 10.2 Å². The fraction of sp³-hybridized carbons (Fsp3) is 0.462. The highest BCUT2D eigenvalue weighted by Crippen LogP contribution is 2.32. The molecule has 0 radical (unpaired) electrons. The van der Waals surface area contributed by atoms with E-state index in [2.05, 4.69) is 17.4 Å². The molecule has 1 heterocycles. The molecule has 2 aromatic rings. The number of carbonyl (C=O) groups is 2. The minimum Gasteiger partial charge on any atom is -0.493 e. The lowest BCUT2D eigenvalue weighted by Crippen LogP contribution is -2.36. The number of rotatable bonds is 8. The maximum atomic E-state index is 12.6. The van der Waals surface area contributed by atoms with Crippen LogP contribution >= 0.6 is 0 Å². The van der Waals surface area contributed by atoms with Crippen LogP contribution in [0.5, 0.6) is 11.5 Å². The van der Waals surface area contributed by atoms with Gasteiger partial charge in [-0.2, -0.15) is 0 Å². The SMILES string of the molecule is COc1cc(C(=O)NCCCC(=O)N2CCc3ccccc3C2)ccc1OC1CCCC1. The summed E-state index contributed by atoms with van der Waals surface area (Å²) in [6, 6.07) is 13.6. The Hall–Kier alpha value is -3.02. The Balaban J connectivity index is 1.23. The molecule has 1 aliphatic carbocycles. The molecule has 0 atom stereocenters. The van der Waals surface area contributed by atoms with Gasteiger partial charge in [-0.3, -0.25) is 9.59 Å². The van der Waals surface area contributed by atoms with E-state index in [4.69, 9.17) is 9.47 Å². The van der Waals surface area contributed by atoms with Crippen LogP contribution in [0.3, 0.4) is 0 Å². The van der Waals surface area contributed by atoms with Gasteiger partial charge in [-0.05, 0) is 67.9 Å². The van der Waals surface area contributed by atoms with Crippen molar-refractivity contribution in [3.63, 3.8) is 0 Å². The summed E-state index contributed by atoms with van der Waals surface area (Å²) in [6.45, 7) is 1.89. The number of nitrogens with zero attached hydrogens (tertiary/aromatic N) is 1. The fourth-order valence-corrected chi connectivity index (χ4v) is 4.50. The first-order valence-electron chi connectivity index (χ1n) is 11.6. The molecule has 1 saturated carbocycles. The lowest BCUT2D eigenvalue weighted by Gasteiger charge is -2.29. The number of fused-ring (bicyclic) bond motifs is 1. The van der Waals surface area contributed by atoms with E-state index in [-0.39, 0.29) is 17.9 Å². The first-order valence-corrected chi connectivity index (χ1v) is 11.6. The summed E-state index contributed by atoms with van der Waals surface area (Å²) in [5.74, 6) is 1.23. The Kier molecular flexibility index (Phi) is 7.30. The standard InChI is InChI=1S/C26H32N2O4/c1-31-24-17-20(12-13-23(24)32-22-9-4-5-10-22)26(30)27-15-6-11-25(29)28-16-14-19-7-2-3-8-21(19)18-28/h2-3,7-8,12-13,17,22H,4-6,9-11,14-16,18H2,1H3,(H,27,30). The first-order chi connectivity index (χ1) is 15.6. The molecule has 4 rings (SSSR count). The Bertz CT molecular complexity index is 953. The van der Waals surface area contributed by atoms with Crippen molar-refractivity contribution in [3.8, 4) is 11.5 Å². The van der Waals surface area contributed by atoms with Crippen molar-refractivity contribution in [2.75, 3.05) is 20.2 Å². The van der Waals surface area contributed by atoms with E-state index >= 15 is 0 Å². The fourth-order valence-electron chi connectivity index (χ4n) is 4.50. The zero-order valence-corrected chi connectivity index (χ0v) is 18.8. The van der Waals surface area contributed by atoms with Crippen LogP contribution in [0.25, 0.3) is 0 Å². The molecule has 1 aliphatic heterocycles. The van der Waals surface area contributed by atoms with E-state index < -0.39 is 0 Å². The molecule has 0 bridgehead atoms. The van der Waals surface area contributed by atoms with Crippen molar-refractivity contribution in [2.24, 2.45) is 0 Å². The van der Waals surface area contributed by atoms with Gasteiger partial charge in [0.25, 0.3) is 5.91 Å². The molecule has 1 fully saturated rings. The molecule has 2 amide bonds. The van der Waals surface area contributed by atoms with Gasteiger partial charge in [0.15, 0.2) is 11.5 Å². The van der Waals surface area contributed by atoms with Gasteiger partial charge in [-0.15, -0.1) is 0 Å². The average molecular weight is 437 g/mol. The van der Waals surface area contributed by atoms with Gasteiger partial charge in [0, 0.05) is 31.6 Å². The van der Waals surface area contributed by atoms with Gasteiger partial charge in [-0.25, -0.2) is 0 Å². The van der Waals surface area contributed by atoms with Crippen molar-refractivity contribution >= 4 is 11.8 Å². The Morgan fingerprint density at radius 2 is 1.84 bits per heavy atom. The van der Waals surface area contributed by atoms with Crippen molar-refractivity contribution in [3.05, 3.63) is 59.2 Å². The highest BCUT2D eigenvalue weighted by Gasteiger charge is 2.21. The third kappa shape index (κ3) is 5.42. The summed E-state index contributed by atoms with van der Waals surface area (Å²) < 4.78 is 11.5. The van der Waals surface area contributed by atoms with E-state index in [0.29, 0.717) is 43.0 Å². The monoisotopic (exact) mass is 436 g/mol. The predicted octanol–water partition coefficient (Wildman–Crippen LogP) is 4.11. The number of benzene rings is 2. The zero-order chi connectivity index (χ0) is 22.3. The smallest absolute Gasteiger partial charge is 0.251 e. The summed E-state index contributed by atoms with van der Waals surface area (Å²) in [6.07, 6.45) is 6.70. The number of ether oxygens (including phenoxy) is 2. The van der Waals surface area contributed by atoms with Gasteiger partial charge in [0.05, 0.1) is 13.2 Å². The van der Waals surface area contributed by atoms with Crippen LogP contribution in [0, 0.1) is 0 Å². The second-order valence-corrected chi connectivity index (χ2v) is 8.58. The molecule has 0 saturated heterocycles. The zero-order valence-electron chi connectivity index (χ0n) is 18.8. The third-order valence-electron chi connectivity index (χ3n) is 6.36. The highest BCUT2D eigenvalue weighted by atomic mass is 16.5. The first kappa shape index (κ1) is 22.2. The Morgan fingerprint density at radius 1 is 1.06 bits per heavy atom. The summed E-state index contributed by atoms with van der Waals surface area (Å²) in [7, 11) is 1.59. The van der Waals surface area contributed by atoms with Gasteiger partial charge < -0.3 is 19.7 Å². The predicted molar refractivity (Wildman–Crippen MR) is 123 cm³/mol. The van der Waals surface area contributed by atoms with E-state index in [1.807, 2.05) is 23.1 Å². The molecule has 1 N–H and O–H groups in total. The molecule has 2 aromatic carbocycles. The maximum Gasteiger partial charge on any atom is 0.251 e. The average Bonchev–Trinajstić information content (AvgIpc) is 3.34. The lowest BCUT2D eigenvalue weighted by molar-refractivity contribution is -0.132. The number of nitrogens with one attached hydrogen (secondary N) is 1. The second-order valence-electron chi connectivity index (χ2n) is 8.58. The number of hydrogen-bond acceptors (Lipinski definition) is 4. The Labute approximate surface area is 189 Å². The number of carbonyl (C=O) groups excluding carboxylic acids is 2. The molecular weight excluding hydrogens is 404 g/mol. The van der Waals surface area contributed by atoms with Crippen LogP contribution in [0.4, 0.5) is 0 Å². The normalized spacial score (nSPS) is 15.8. The molecule has 0 spiro atoms. The van der Waals surface area contributed by atoms with E-state index in [9.17, 15) is 9.59 Å². The number of hydrogen-bond donors (Lipinski definition) is 1. The molecule has 2 aliphatic rings. The van der Waals surface area contributed by atoms with Crippen LogP contribution in [0.15, 0.2) is 42.5 Å². The maximum absolute atomic E-state index is 12.6. The van der Waals surface area contributed by atoms with Gasteiger partial charge >= 0.3 is 0 Å². The van der Waals surface area contributed by atoms with Crippen molar-refractivity contribution in [1.29, 1.82) is 0 Å². The molecule has 32 heavy (non-hydrogen) atoms. The van der Waals surface area contributed by atoms with Gasteiger partial charge in [0.1, 0.15) is 0 Å². The lowest BCUT2D eigenvalue weighted by atomic mass is 9.99. The quantitative estimate of drug-likeness (QED) is 0.633. The molecule has 6 nitrogen and oxygen atoms in total. The van der Waals surface area contributed by atoms with Crippen LogP contribution in [0.1, 0.15) is 60.0 Å². The van der Waals surface area contributed by atoms with E-state index in [1.165, 1.54) is 24.0 Å². The summed E-state index contributed by atoms with van der Waals surface area (Å²) in [4.78, 5) is 27.0. The van der Waals surface area contributed by atoms with Gasteiger partial charge in [0.2, 0.25) is 5.91 Å². The van der Waals surface area contributed by atoms with Crippen LogP contribution in [-0.4, -0.2) is 43.0 Å². The van der Waals surface area contributed by atoms with E-state index in [0.717, 1.165) is 25.8 Å². The molecule has 0 aromatic heterocycles. The number of methoxy groups -OCH3 is 1. The minimum absolute atomic E-state index is 0.142. The molecule has 170 valence electrons. The van der Waals surface area contributed by atoms with Crippen LogP contribution in [0.2, 0.25) is 0 Å². The number of amides is 2. The largest absolute Gasteiger partial charge is 0.493 e. The topological polar surface area (TPSA) is 67.9 Å². The minimum atomic E-state index is -0.171. The summed E-state index contributed by atoms with van der Waals surface area (Å²) >= 11 is 0. The summed E-state index contributed by atoms with van der Waals surface area (Å²) in [5, 5.41) is 2.91. The molecular formula is C26H32N2O4. The third-order valence-corrected chi connectivity index (χ3v) is 6.36. The van der Waals surface area contributed by atoms with Gasteiger partial charge in [-0.1, -0.05) is 24.3 Å². The van der Waals surface area contributed by atoms with Crippen molar-refractivity contribution < 1.29 is 19.1 Å². The van der Waals surface area contributed by atoms with Crippen LogP contribution in [-0.2, 0) is 17.8 Å². The highest BCUT2D eigenvalue weighted by molar-refractivity contribution is 5.94. The molecule has 6 heteroatoms. The Morgan fingerprint density at radius 3 is 2.62 bits per heavy atom. The summed E-state index contributed by atoms with van der Waals surface area (Å²) in [5.41, 5.74) is 3.09. The second kappa shape index (κ2) is 10.5. The van der Waals surface area contributed by atoms with E-state index in [1.54, 1.807) is 19.2 Å². The van der Waals surface area contributed by atoms with Crippen LogP contribution < -0.4 is 14.8 Å². The van der Waals surface area contributed by atoms with Crippen molar-refractivity contribution in [2.45, 2.75) is 57.6 Å². The molecule has 0 unspecified atom stereocenters.